The number of carbonyl (C=O) groups is 1. The average molecular weight is 228 g/mol. The molecule has 1 atom stereocenters. The van der Waals surface area contributed by atoms with Gasteiger partial charge in [-0.2, -0.15) is 0 Å². The van der Waals surface area contributed by atoms with Gasteiger partial charge in [0, 0.05) is 11.8 Å². The highest BCUT2D eigenvalue weighted by Gasteiger charge is 2.26. The Kier molecular flexibility index (Phi) is 7.44. The van der Waals surface area contributed by atoms with Crippen LogP contribution in [-0.2, 0) is 9.53 Å². The topological polar surface area (TPSA) is 26.3 Å². The Morgan fingerprint density at radius 1 is 1.25 bits per heavy atom. The van der Waals surface area contributed by atoms with Crippen molar-refractivity contribution in [3.63, 3.8) is 0 Å². The molecule has 2 nitrogen and oxygen atoms in total. The maximum Gasteiger partial charge on any atom is 0.305 e. The molecule has 0 bridgehead atoms. The summed E-state index contributed by atoms with van der Waals surface area (Å²) in [4.78, 5) is 11.4. The fraction of sp³-hybridized carbons (Fsp3) is 0.929. The quantitative estimate of drug-likeness (QED) is 0.582. The van der Waals surface area contributed by atoms with E-state index in [2.05, 4.69) is 34.6 Å². The lowest BCUT2D eigenvalue weighted by Crippen LogP contribution is -2.28. The van der Waals surface area contributed by atoms with Crippen LogP contribution in [0.15, 0.2) is 0 Å². The molecule has 2 heteroatoms. The van der Waals surface area contributed by atoms with Crippen LogP contribution in [0.4, 0.5) is 0 Å². The van der Waals surface area contributed by atoms with Crippen molar-refractivity contribution in [2.24, 2.45) is 11.3 Å². The molecule has 16 heavy (non-hydrogen) atoms. The first-order chi connectivity index (χ1) is 7.44. The second-order valence-electron chi connectivity index (χ2n) is 5.44. The molecule has 0 aliphatic carbocycles. The summed E-state index contributed by atoms with van der Waals surface area (Å²) in [5.41, 5.74) is 0.0951. The first kappa shape index (κ1) is 15.5. The Bertz CT molecular complexity index is 197. The van der Waals surface area contributed by atoms with Crippen LogP contribution in [0.1, 0.15) is 66.7 Å². The van der Waals surface area contributed by atoms with Crippen molar-refractivity contribution in [2.45, 2.75) is 66.7 Å². The van der Waals surface area contributed by atoms with Crippen LogP contribution in [0, 0.1) is 11.3 Å². The number of ether oxygens (including phenoxy) is 1. The smallest absolute Gasteiger partial charge is 0.305 e. The molecule has 0 N–H and O–H groups in total. The van der Waals surface area contributed by atoms with Crippen LogP contribution < -0.4 is 0 Å². The van der Waals surface area contributed by atoms with Crippen molar-refractivity contribution in [1.29, 1.82) is 0 Å². The Labute approximate surface area is 101 Å². The highest BCUT2D eigenvalue weighted by molar-refractivity contribution is 5.69. The molecular formula is C14H28O2. The van der Waals surface area contributed by atoms with Crippen LogP contribution in [-0.4, -0.2) is 12.6 Å². The minimum atomic E-state index is -0.0429. The minimum absolute atomic E-state index is 0.0429. The summed E-state index contributed by atoms with van der Waals surface area (Å²) in [6.45, 7) is 11.4. The van der Waals surface area contributed by atoms with E-state index in [4.69, 9.17) is 4.74 Å². The summed E-state index contributed by atoms with van der Waals surface area (Å²) in [6, 6.07) is 0. The molecule has 0 aromatic carbocycles. The van der Waals surface area contributed by atoms with Gasteiger partial charge in [-0.15, -0.1) is 0 Å². The van der Waals surface area contributed by atoms with Gasteiger partial charge in [-0.1, -0.05) is 53.9 Å². The first-order valence-corrected chi connectivity index (χ1v) is 6.59. The molecule has 0 rings (SSSR count). The number of hydrogen-bond acceptors (Lipinski definition) is 2. The predicted molar refractivity (Wildman–Crippen MR) is 68.3 cm³/mol. The molecule has 96 valence electrons. The summed E-state index contributed by atoms with van der Waals surface area (Å²) >= 11 is 0. The third-order valence-corrected chi connectivity index (χ3v) is 3.40. The van der Waals surface area contributed by atoms with E-state index in [-0.39, 0.29) is 11.4 Å². The van der Waals surface area contributed by atoms with Crippen LogP contribution in [0.5, 0.6) is 0 Å². The standard InChI is InChI=1S/C14H28O2/c1-6-8-10-13(15)16-11-14(4,5)12(3)9-7-2/h12H,6-11H2,1-5H3. The van der Waals surface area contributed by atoms with Gasteiger partial charge in [0.2, 0.25) is 0 Å². The van der Waals surface area contributed by atoms with Crippen LogP contribution in [0.2, 0.25) is 0 Å². The third kappa shape index (κ3) is 6.14. The van der Waals surface area contributed by atoms with Gasteiger partial charge in [0.05, 0.1) is 6.61 Å². The molecule has 0 aromatic heterocycles. The van der Waals surface area contributed by atoms with E-state index in [1.165, 1.54) is 12.8 Å². The van der Waals surface area contributed by atoms with E-state index in [1.54, 1.807) is 0 Å². The zero-order chi connectivity index (χ0) is 12.6. The zero-order valence-corrected chi connectivity index (χ0v) is 11.6. The van der Waals surface area contributed by atoms with Crippen LogP contribution >= 0.6 is 0 Å². The van der Waals surface area contributed by atoms with Crippen molar-refractivity contribution < 1.29 is 9.53 Å². The van der Waals surface area contributed by atoms with Gasteiger partial charge in [-0.05, 0) is 12.3 Å². The Hall–Kier alpha value is -0.530. The number of rotatable bonds is 8. The maximum absolute atomic E-state index is 11.4. The lowest BCUT2D eigenvalue weighted by atomic mass is 9.78. The number of unbranched alkanes of at least 4 members (excludes halogenated alkanes) is 1. The molecule has 0 saturated carbocycles. The average Bonchev–Trinajstić information content (AvgIpc) is 2.24. The molecule has 0 radical (unpaired) electrons. The molecule has 0 heterocycles. The summed E-state index contributed by atoms with van der Waals surface area (Å²) in [7, 11) is 0. The summed E-state index contributed by atoms with van der Waals surface area (Å²) in [6.07, 6.45) is 4.93. The fourth-order valence-corrected chi connectivity index (χ4v) is 1.63. The molecule has 0 saturated heterocycles. The Morgan fingerprint density at radius 2 is 1.88 bits per heavy atom. The predicted octanol–water partition coefficient (Wildman–Crippen LogP) is 4.18. The fourth-order valence-electron chi connectivity index (χ4n) is 1.63. The van der Waals surface area contributed by atoms with Gasteiger partial charge >= 0.3 is 5.97 Å². The molecular weight excluding hydrogens is 200 g/mol. The van der Waals surface area contributed by atoms with E-state index in [0.29, 0.717) is 18.9 Å². The Morgan fingerprint density at radius 3 is 2.38 bits per heavy atom. The minimum Gasteiger partial charge on any atom is -0.465 e. The molecule has 0 aliphatic rings. The molecule has 0 aromatic rings. The monoisotopic (exact) mass is 228 g/mol. The lowest BCUT2D eigenvalue weighted by Gasteiger charge is -2.31. The zero-order valence-electron chi connectivity index (χ0n) is 11.6. The number of esters is 1. The third-order valence-electron chi connectivity index (χ3n) is 3.40. The van der Waals surface area contributed by atoms with Gasteiger partial charge in [0.25, 0.3) is 0 Å². The van der Waals surface area contributed by atoms with Gasteiger partial charge in [0.15, 0.2) is 0 Å². The van der Waals surface area contributed by atoms with Crippen LogP contribution in [0.25, 0.3) is 0 Å². The number of hydrogen-bond donors (Lipinski definition) is 0. The van der Waals surface area contributed by atoms with Crippen molar-refractivity contribution in [2.75, 3.05) is 6.61 Å². The second-order valence-corrected chi connectivity index (χ2v) is 5.44. The second kappa shape index (κ2) is 7.70. The molecule has 0 aliphatic heterocycles. The SMILES string of the molecule is CCCCC(=O)OCC(C)(C)C(C)CCC. The molecule has 0 fully saturated rings. The van der Waals surface area contributed by atoms with E-state index < -0.39 is 0 Å². The van der Waals surface area contributed by atoms with Gasteiger partial charge < -0.3 is 4.74 Å². The van der Waals surface area contributed by atoms with Gasteiger partial charge in [-0.3, -0.25) is 4.79 Å². The van der Waals surface area contributed by atoms with E-state index in [0.717, 1.165) is 12.8 Å². The molecule has 1 unspecified atom stereocenters. The van der Waals surface area contributed by atoms with Gasteiger partial charge in [0.1, 0.15) is 0 Å². The number of carbonyl (C=O) groups excluding carboxylic acids is 1. The van der Waals surface area contributed by atoms with E-state index >= 15 is 0 Å². The maximum atomic E-state index is 11.4. The highest BCUT2D eigenvalue weighted by atomic mass is 16.5. The van der Waals surface area contributed by atoms with Crippen molar-refractivity contribution in [3.05, 3.63) is 0 Å². The molecule has 0 amide bonds. The summed E-state index contributed by atoms with van der Waals surface area (Å²) in [5, 5.41) is 0. The summed E-state index contributed by atoms with van der Waals surface area (Å²) < 4.78 is 5.34. The largest absolute Gasteiger partial charge is 0.465 e. The van der Waals surface area contributed by atoms with Gasteiger partial charge in [-0.25, -0.2) is 0 Å². The van der Waals surface area contributed by atoms with Crippen molar-refractivity contribution >= 4 is 5.97 Å². The first-order valence-electron chi connectivity index (χ1n) is 6.59. The van der Waals surface area contributed by atoms with E-state index in [9.17, 15) is 4.79 Å². The van der Waals surface area contributed by atoms with Crippen LogP contribution in [0.3, 0.4) is 0 Å². The highest BCUT2D eigenvalue weighted by Crippen LogP contribution is 2.30. The summed E-state index contributed by atoms with van der Waals surface area (Å²) in [5.74, 6) is 0.551. The van der Waals surface area contributed by atoms with Crippen molar-refractivity contribution in [1.82, 2.24) is 0 Å². The Balaban J connectivity index is 3.92. The molecule has 0 spiro atoms. The van der Waals surface area contributed by atoms with E-state index in [1.807, 2.05) is 0 Å². The lowest BCUT2D eigenvalue weighted by molar-refractivity contribution is -0.147. The normalized spacial score (nSPS) is 13.6. The van der Waals surface area contributed by atoms with Crippen molar-refractivity contribution in [3.8, 4) is 0 Å².